The van der Waals surface area contributed by atoms with Crippen molar-refractivity contribution in [2.45, 2.75) is 58.0 Å². The maximum Gasteiger partial charge on any atom is 0.236 e. The highest BCUT2D eigenvalue weighted by Gasteiger charge is 2.13. The van der Waals surface area contributed by atoms with Gasteiger partial charge in [-0.1, -0.05) is 13.8 Å². The standard InChI is InChI=1S/C17H38N6O2.CH4/c1-19-9-6-8-15(18)17(25)23-10-5-4-7-14(21-3)13-16(24)22-12-11-20-2;/h14-15,19-21H,4-13,18H2,1-3H3,(H,22,24)(H,23,25);1H4/t14-,15-;/m0./s1. The van der Waals surface area contributed by atoms with E-state index >= 15 is 0 Å². The van der Waals surface area contributed by atoms with Gasteiger partial charge >= 0.3 is 0 Å². The number of nitrogens with one attached hydrogen (secondary N) is 5. The zero-order chi connectivity index (χ0) is 18.9. The van der Waals surface area contributed by atoms with Crippen molar-refractivity contribution in [2.24, 2.45) is 5.73 Å². The molecule has 2 amide bonds. The zero-order valence-corrected chi connectivity index (χ0v) is 16.1. The Kier molecular flexibility index (Phi) is 19.3. The van der Waals surface area contributed by atoms with Gasteiger partial charge in [0, 0.05) is 32.1 Å². The summed E-state index contributed by atoms with van der Waals surface area (Å²) < 4.78 is 0. The number of hydrogen-bond acceptors (Lipinski definition) is 6. The molecule has 0 spiro atoms. The van der Waals surface area contributed by atoms with Gasteiger partial charge in [-0.3, -0.25) is 9.59 Å². The molecule has 0 aromatic heterocycles. The number of carbonyl (C=O) groups is 2. The van der Waals surface area contributed by atoms with Gasteiger partial charge in [0.2, 0.25) is 11.8 Å². The summed E-state index contributed by atoms with van der Waals surface area (Å²) in [5, 5.41) is 15.0. The maximum absolute atomic E-state index is 11.8. The van der Waals surface area contributed by atoms with Crippen LogP contribution in [0.4, 0.5) is 0 Å². The van der Waals surface area contributed by atoms with Crippen LogP contribution in [0.15, 0.2) is 0 Å². The lowest BCUT2D eigenvalue weighted by atomic mass is 10.1. The van der Waals surface area contributed by atoms with Crippen LogP contribution in [0, 0.1) is 0 Å². The lowest BCUT2D eigenvalue weighted by molar-refractivity contribution is -0.122. The van der Waals surface area contributed by atoms with Gasteiger partial charge in [0.1, 0.15) is 0 Å². The molecule has 0 radical (unpaired) electrons. The minimum atomic E-state index is -0.431. The Morgan fingerprint density at radius 3 is 2.15 bits per heavy atom. The number of likely N-dealkylation sites (N-methyl/N-ethyl adjacent to an activating group) is 1. The highest BCUT2D eigenvalue weighted by Crippen LogP contribution is 2.04. The summed E-state index contributed by atoms with van der Waals surface area (Å²) in [6, 6.07) is -0.270. The van der Waals surface area contributed by atoms with Crippen LogP contribution < -0.4 is 32.3 Å². The van der Waals surface area contributed by atoms with Gasteiger partial charge in [-0.25, -0.2) is 0 Å². The van der Waals surface area contributed by atoms with E-state index in [0.29, 0.717) is 25.9 Å². The molecule has 0 heterocycles. The lowest BCUT2D eigenvalue weighted by Gasteiger charge is -2.16. The predicted molar refractivity (Wildman–Crippen MR) is 109 cm³/mol. The molecule has 0 saturated carbocycles. The molecule has 0 rings (SSSR count). The first-order valence-electron chi connectivity index (χ1n) is 9.31. The van der Waals surface area contributed by atoms with Crippen LogP contribution in [0.3, 0.4) is 0 Å². The van der Waals surface area contributed by atoms with Crippen molar-refractivity contribution in [1.29, 1.82) is 0 Å². The number of rotatable bonds is 16. The molecule has 0 bridgehead atoms. The summed E-state index contributed by atoms with van der Waals surface area (Å²) in [7, 11) is 5.62. The Balaban J connectivity index is 0. The van der Waals surface area contributed by atoms with Crippen LogP contribution in [0.2, 0.25) is 0 Å². The average Bonchev–Trinajstić information content (AvgIpc) is 2.60. The second kappa shape index (κ2) is 18.6. The van der Waals surface area contributed by atoms with Crippen LogP contribution in [0.1, 0.15) is 46.0 Å². The molecule has 0 aromatic rings. The van der Waals surface area contributed by atoms with Crippen molar-refractivity contribution in [3.05, 3.63) is 0 Å². The maximum atomic E-state index is 11.8. The van der Waals surface area contributed by atoms with Crippen molar-refractivity contribution >= 4 is 11.8 Å². The summed E-state index contributed by atoms with van der Waals surface area (Å²) in [6.45, 7) is 2.91. The van der Waals surface area contributed by atoms with Gasteiger partial charge in [-0.05, 0) is 53.4 Å². The molecule has 8 heteroatoms. The molecule has 0 unspecified atom stereocenters. The van der Waals surface area contributed by atoms with E-state index in [4.69, 9.17) is 5.73 Å². The fraction of sp³-hybridized carbons (Fsp3) is 0.889. The molecule has 7 N–H and O–H groups in total. The molecule has 26 heavy (non-hydrogen) atoms. The molecule has 156 valence electrons. The van der Waals surface area contributed by atoms with Gasteiger partial charge in [0.25, 0.3) is 0 Å². The van der Waals surface area contributed by atoms with Gasteiger partial charge in [0.15, 0.2) is 0 Å². The third kappa shape index (κ3) is 15.1. The van der Waals surface area contributed by atoms with Crippen molar-refractivity contribution < 1.29 is 9.59 Å². The molecule has 8 nitrogen and oxygen atoms in total. The molecule has 0 aliphatic carbocycles. The lowest BCUT2D eigenvalue weighted by Crippen LogP contribution is -2.41. The van der Waals surface area contributed by atoms with Gasteiger partial charge in [-0.2, -0.15) is 0 Å². The van der Waals surface area contributed by atoms with E-state index in [1.807, 2.05) is 21.1 Å². The molecule has 0 fully saturated rings. The molecular formula is C18H42N6O2. The van der Waals surface area contributed by atoms with E-state index in [2.05, 4.69) is 26.6 Å². The first-order valence-corrected chi connectivity index (χ1v) is 9.31. The van der Waals surface area contributed by atoms with Gasteiger partial charge < -0.3 is 32.3 Å². The van der Waals surface area contributed by atoms with E-state index in [-0.39, 0.29) is 25.3 Å². The quantitative estimate of drug-likeness (QED) is 0.204. The van der Waals surface area contributed by atoms with E-state index < -0.39 is 6.04 Å². The second-order valence-corrected chi connectivity index (χ2v) is 6.28. The summed E-state index contributed by atoms with van der Waals surface area (Å²) in [6.07, 6.45) is 4.80. The molecular weight excluding hydrogens is 332 g/mol. The van der Waals surface area contributed by atoms with Crippen molar-refractivity contribution in [3.8, 4) is 0 Å². The second-order valence-electron chi connectivity index (χ2n) is 6.28. The van der Waals surface area contributed by atoms with Crippen molar-refractivity contribution in [1.82, 2.24) is 26.6 Å². The molecule has 0 aliphatic heterocycles. The number of hydrogen-bond donors (Lipinski definition) is 6. The summed E-state index contributed by atoms with van der Waals surface area (Å²) in [4.78, 5) is 23.6. The topological polar surface area (TPSA) is 120 Å². The third-order valence-electron chi connectivity index (χ3n) is 4.09. The van der Waals surface area contributed by atoms with Crippen LogP contribution in [-0.2, 0) is 9.59 Å². The normalized spacial score (nSPS) is 12.8. The average molecular weight is 375 g/mol. The minimum absolute atomic E-state index is 0. The molecule has 0 saturated heterocycles. The van der Waals surface area contributed by atoms with E-state index in [0.717, 1.165) is 38.8 Å². The predicted octanol–water partition coefficient (Wildman–Crippen LogP) is -0.450. The molecule has 0 aliphatic rings. The Bertz CT molecular complexity index is 355. The Morgan fingerprint density at radius 1 is 0.846 bits per heavy atom. The Morgan fingerprint density at radius 2 is 1.54 bits per heavy atom. The van der Waals surface area contributed by atoms with Crippen molar-refractivity contribution in [3.63, 3.8) is 0 Å². The monoisotopic (exact) mass is 374 g/mol. The first-order chi connectivity index (χ1) is 12.0. The van der Waals surface area contributed by atoms with Crippen LogP contribution in [0.5, 0.6) is 0 Å². The molecule has 0 aromatic carbocycles. The van der Waals surface area contributed by atoms with Crippen LogP contribution in [0.25, 0.3) is 0 Å². The zero-order valence-electron chi connectivity index (χ0n) is 16.1. The van der Waals surface area contributed by atoms with Crippen LogP contribution in [-0.4, -0.2) is 71.2 Å². The fourth-order valence-corrected chi connectivity index (χ4v) is 2.46. The smallest absolute Gasteiger partial charge is 0.236 e. The Hall–Kier alpha value is -1.22. The SMILES string of the molecule is C.CNCCC[C@H](N)C(=O)NCCCC[C@@H](CC(=O)NCCNC)NC. The third-order valence-corrected chi connectivity index (χ3v) is 4.09. The van der Waals surface area contributed by atoms with Crippen molar-refractivity contribution in [2.75, 3.05) is 47.3 Å². The number of nitrogens with two attached hydrogens (primary N) is 1. The largest absolute Gasteiger partial charge is 0.355 e. The highest BCUT2D eigenvalue weighted by atomic mass is 16.2. The fourth-order valence-electron chi connectivity index (χ4n) is 2.46. The van der Waals surface area contributed by atoms with Gasteiger partial charge in [-0.15, -0.1) is 0 Å². The van der Waals surface area contributed by atoms with E-state index in [9.17, 15) is 9.59 Å². The summed E-state index contributed by atoms with van der Waals surface area (Å²) >= 11 is 0. The highest BCUT2D eigenvalue weighted by molar-refractivity contribution is 5.81. The van der Waals surface area contributed by atoms with Crippen LogP contribution >= 0.6 is 0 Å². The summed E-state index contributed by atoms with van der Waals surface area (Å²) in [5.41, 5.74) is 5.85. The minimum Gasteiger partial charge on any atom is -0.355 e. The first kappa shape index (κ1) is 27.0. The van der Waals surface area contributed by atoms with E-state index in [1.165, 1.54) is 0 Å². The Labute approximate surface area is 159 Å². The summed E-state index contributed by atoms with van der Waals surface area (Å²) in [5.74, 6) is -0.0133. The number of carbonyl (C=O) groups excluding carboxylic acids is 2. The molecule has 2 atom stereocenters. The van der Waals surface area contributed by atoms with E-state index in [1.54, 1.807) is 0 Å². The van der Waals surface area contributed by atoms with Gasteiger partial charge in [0.05, 0.1) is 6.04 Å². The number of unbranched alkanes of at least 4 members (excludes halogenated alkanes) is 1. The number of amides is 2.